The summed E-state index contributed by atoms with van der Waals surface area (Å²) in [4.78, 5) is 0. The molecule has 4 aliphatic rings. The lowest BCUT2D eigenvalue weighted by molar-refractivity contribution is 0.118. The molecule has 0 heteroatoms. The molecule has 0 radical (unpaired) electrons. The predicted molar refractivity (Wildman–Crippen MR) is 113 cm³/mol. The van der Waals surface area contributed by atoms with Crippen molar-refractivity contribution in [1.82, 2.24) is 0 Å². The molecule has 0 nitrogen and oxygen atoms in total. The van der Waals surface area contributed by atoms with Gasteiger partial charge in [0.05, 0.1) is 0 Å². The van der Waals surface area contributed by atoms with Crippen LogP contribution in [0, 0.1) is 28.6 Å². The van der Waals surface area contributed by atoms with Crippen molar-refractivity contribution in [2.75, 3.05) is 0 Å². The summed E-state index contributed by atoms with van der Waals surface area (Å²) in [5.74, 6) is 2.84. The highest BCUT2D eigenvalue weighted by molar-refractivity contribution is 5.36. The summed E-state index contributed by atoms with van der Waals surface area (Å²) in [6.07, 6.45) is 12.7. The third-order valence-electron chi connectivity index (χ3n) is 8.02. The van der Waals surface area contributed by atoms with E-state index in [1.165, 1.54) is 63.4 Å². The molecule has 5 atom stereocenters. The zero-order valence-corrected chi connectivity index (χ0v) is 18.3. The Labute approximate surface area is 158 Å². The molecular weight excluding hydrogens is 300 g/mol. The minimum Gasteiger partial charge on any atom is -0.0999 e. The molecule has 2 fully saturated rings. The van der Waals surface area contributed by atoms with Crippen LogP contribution in [0.25, 0.3) is 0 Å². The standard InChI is InChI=1S/C21H32.2C2H6/c1-14-9-10-20(3)16(11-14)5-8-19-18(20)7-6-17-12-15(2)13-21(17,19)4;2*1-2/h15-17H,1,5-13H2,2-4H3;2*1-2H3/t15?,16?,17?,20-,21?;;/m1../s1. The molecule has 0 aromatic carbocycles. The molecule has 0 aromatic heterocycles. The van der Waals surface area contributed by atoms with Crippen molar-refractivity contribution >= 4 is 0 Å². The number of hydrogen-bond acceptors (Lipinski definition) is 0. The van der Waals surface area contributed by atoms with Crippen molar-refractivity contribution in [1.29, 1.82) is 0 Å². The molecule has 4 aliphatic carbocycles. The highest BCUT2D eigenvalue weighted by Crippen LogP contribution is 2.65. The fourth-order valence-electron chi connectivity index (χ4n) is 6.86. The SMILES string of the molecule is C=C1CC[C@@]2(C)C3=C(CCC2C1)C1(C)CC(C)CC1CC3.CC.CC. The Morgan fingerprint density at radius 2 is 1.40 bits per heavy atom. The van der Waals surface area contributed by atoms with Crippen LogP contribution in [0.3, 0.4) is 0 Å². The van der Waals surface area contributed by atoms with Crippen molar-refractivity contribution in [3.8, 4) is 0 Å². The number of allylic oxidation sites excluding steroid dienone is 3. The molecular formula is C25H44. The van der Waals surface area contributed by atoms with E-state index < -0.39 is 0 Å². The van der Waals surface area contributed by atoms with Gasteiger partial charge >= 0.3 is 0 Å². The van der Waals surface area contributed by atoms with Gasteiger partial charge in [-0.3, -0.25) is 0 Å². The third kappa shape index (κ3) is 3.40. The average Bonchev–Trinajstić information content (AvgIpc) is 2.93. The molecule has 0 saturated heterocycles. The van der Waals surface area contributed by atoms with E-state index in [0.29, 0.717) is 10.8 Å². The van der Waals surface area contributed by atoms with Crippen LogP contribution >= 0.6 is 0 Å². The van der Waals surface area contributed by atoms with Crippen LogP contribution in [0.5, 0.6) is 0 Å². The second kappa shape index (κ2) is 8.01. The first kappa shape index (κ1) is 20.8. The Bertz CT molecular complexity index is 510. The lowest BCUT2D eigenvalue weighted by Gasteiger charge is -2.54. The number of fused-ring (bicyclic) bond motifs is 4. The van der Waals surface area contributed by atoms with Crippen LogP contribution < -0.4 is 0 Å². The predicted octanol–water partition coefficient (Wildman–Crippen LogP) is 8.34. The fraction of sp³-hybridized carbons (Fsp3) is 0.840. The van der Waals surface area contributed by atoms with E-state index in [4.69, 9.17) is 0 Å². The maximum atomic E-state index is 4.30. The first-order valence-corrected chi connectivity index (χ1v) is 11.3. The Morgan fingerprint density at radius 3 is 2.04 bits per heavy atom. The van der Waals surface area contributed by atoms with Crippen molar-refractivity contribution in [3.05, 3.63) is 23.3 Å². The Balaban J connectivity index is 0.000000528. The van der Waals surface area contributed by atoms with Gasteiger partial charge < -0.3 is 0 Å². The van der Waals surface area contributed by atoms with Gasteiger partial charge in [-0.2, -0.15) is 0 Å². The van der Waals surface area contributed by atoms with E-state index in [1.807, 2.05) is 38.8 Å². The highest BCUT2D eigenvalue weighted by Gasteiger charge is 2.53. The molecule has 0 aliphatic heterocycles. The van der Waals surface area contributed by atoms with Crippen molar-refractivity contribution in [2.24, 2.45) is 28.6 Å². The summed E-state index contributed by atoms with van der Waals surface area (Å²) >= 11 is 0. The van der Waals surface area contributed by atoms with E-state index in [1.54, 1.807) is 0 Å². The molecule has 0 amide bonds. The highest BCUT2D eigenvalue weighted by atomic mass is 14.6. The van der Waals surface area contributed by atoms with Crippen molar-refractivity contribution in [2.45, 2.75) is 106 Å². The van der Waals surface area contributed by atoms with Crippen LogP contribution in [0.1, 0.15) is 106 Å². The summed E-state index contributed by atoms with van der Waals surface area (Å²) in [5, 5.41) is 0. The van der Waals surface area contributed by atoms with Gasteiger partial charge in [0.2, 0.25) is 0 Å². The normalized spacial score (nSPS) is 42.2. The molecule has 4 rings (SSSR count). The van der Waals surface area contributed by atoms with Crippen LogP contribution in [-0.4, -0.2) is 0 Å². The molecule has 0 aromatic rings. The fourth-order valence-corrected chi connectivity index (χ4v) is 6.86. The second-order valence-corrected chi connectivity index (χ2v) is 9.26. The average molecular weight is 345 g/mol. The van der Waals surface area contributed by atoms with E-state index in [0.717, 1.165) is 17.8 Å². The maximum Gasteiger partial charge on any atom is -0.00791 e. The van der Waals surface area contributed by atoms with E-state index in [-0.39, 0.29) is 0 Å². The molecule has 4 unspecified atom stereocenters. The quantitative estimate of drug-likeness (QED) is 0.387. The maximum absolute atomic E-state index is 4.30. The lowest BCUT2D eigenvalue weighted by Crippen LogP contribution is -2.42. The van der Waals surface area contributed by atoms with Gasteiger partial charge in [0.1, 0.15) is 0 Å². The molecule has 0 heterocycles. The molecule has 2 saturated carbocycles. The van der Waals surface area contributed by atoms with E-state index in [9.17, 15) is 0 Å². The molecule has 0 spiro atoms. The second-order valence-electron chi connectivity index (χ2n) is 9.26. The van der Waals surface area contributed by atoms with Crippen LogP contribution in [0.2, 0.25) is 0 Å². The Kier molecular flexibility index (Phi) is 6.66. The first-order chi connectivity index (χ1) is 11.9. The third-order valence-corrected chi connectivity index (χ3v) is 8.02. The Hall–Kier alpha value is -0.520. The van der Waals surface area contributed by atoms with Gasteiger partial charge in [-0.05, 0) is 86.4 Å². The minimum atomic E-state index is 0.522. The van der Waals surface area contributed by atoms with Crippen molar-refractivity contribution < 1.29 is 0 Å². The zero-order valence-electron chi connectivity index (χ0n) is 18.3. The minimum absolute atomic E-state index is 0.522. The monoisotopic (exact) mass is 344 g/mol. The van der Waals surface area contributed by atoms with Gasteiger partial charge in [-0.25, -0.2) is 0 Å². The van der Waals surface area contributed by atoms with Gasteiger partial charge in [-0.1, -0.05) is 71.8 Å². The van der Waals surface area contributed by atoms with E-state index in [2.05, 4.69) is 27.4 Å². The van der Waals surface area contributed by atoms with Gasteiger partial charge in [0.15, 0.2) is 0 Å². The molecule has 0 N–H and O–H groups in total. The molecule has 0 bridgehead atoms. The summed E-state index contributed by atoms with van der Waals surface area (Å²) in [6, 6.07) is 0. The summed E-state index contributed by atoms with van der Waals surface area (Å²) in [5.41, 5.74) is 6.48. The Morgan fingerprint density at radius 1 is 0.840 bits per heavy atom. The molecule has 144 valence electrons. The zero-order chi connectivity index (χ0) is 18.8. The van der Waals surface area contributed by atoms with Crippen LogP contribution in [0.4, 0.5) is 0 Å². The van der Waals surface area contributed by atoms with Gasteiger partial charge in [0.25, 0.3) is 0 Å². The molecule has 25 heavy (non-hydrogen) atoms. The van der Waals surface area contributed by atoms with Gasteiger partial charge in [0, 0.05) is 0 Å². The summed E-state index contributed by atoms with van der Waals surface area (Å²) in [6.45, 7) is 20.0. The topological polar surface area (TPSA) is 0 Å². The van der Waals surface area contributed by atoms with Crippen LogP contribution in [0.15, 0.2) is 23.3 Å². The smallest absolute Gasteiger partial charge is 0.00791 e. The number of hydrogen-bond donors (Lipinski definition) is 0. The largest absolute Gasteiger partial charge is 0.0999 e. The summed E-state index contributed by atoms with van der Waals surface area (Å²) < 4.78 is 0. The lowest BCUT2D eigenvalue weighted by atomic mass is 9.51. The number of rotatable bonds is 0. The van der Waals surface area contributed by atoms with Crippen molar-refractivity contribution in [3.63, 3.8) is 0 Å². The van der Waals surface area contributed by atoms with E-state index >= 15 is 0 Å². The summed E-state index contributed by atoms with van der Waals surface area (Å²) in [7, 11) is 0. The first-order valence-electron chi connectivity index (χ1n) is 11.3. The van der Waals surface area contributed by atoms with Gasteiger partial charge in [-0.15, -0.1) is 0 Å². The van der Waals surface area contributed by atoms with Crippen LogP contribution in [-0.2, 0) is 0 Å².